The maximum atomic E-state index is 12.0. The Kier molecular flexibility index (Phi) is 4.16. The van der Waals surface area contributed by atoms with Crippen molar-refractivity contribution in [3.8, 4) is 5.88 Å². The standard InChI is InChI=1S/C15H20N2O3/c18-15(17-6-3-11-1-2-11)12-4-7-16-14(9-12)20-13-5-8-19-10-13/h4,7,9,11,13H,1-3,5-6,8,10H2,(H,17,18)/t13-/m1/s1. The highest BCUT2D eigenvalue weighted by molar-refractivity contribution is 5.94. The van der Waals surface area contributed by atoms with E-state index < -0.39 is 0 Å². The molecule has 2 aliphatic rings. The topological polar surface area (TPSA) is 60.5 Å². The molecule has 1 aliphatic carbocycles. The van der Waals surface area contributed by atoms with Crippen molar-refractivity contribution in [2.24, 2.45) is 5.92 Å². The number of rotatable bonds is 6. The van der Waals surface area contributed by atoms with E-state index in [1.807, 2.05) is 0 Å². The number of carbonyl (C=O) groups excluding carboxylic acids is 1. The second kappa shape index (κ2) is 6.22. The van der Waals surface area contributed by atoms with Crippen molar-refractivity contribution >= 4 is 5.91 Å². The fourth-order valence-electron chi connectivity index (χ4n) is 2.29. The summed E-state index contributed by atoms with van der Waals surface area (Å²) >= 11 is 0. The third-order valence-corrected chi connectivity index (χ3v) is 3.71. The maximum absolute atomic E-state index is 12.0. The second-order valence-corrected chi connectivity index (χ2v) is 5.47. The molecule has 2 fully saturated rings. The molecular formula is C15H20N2O3. The molecule has 0 spiro atoms. The number of hydrogen-bond donors (Lipinski definition) is 1. The number of amides is 1. The van der Waals surface area contributed by atoms with Gasteiger partial charge in [-0.25, -0.2) is 4.98 Å². The van der Waals surface area contributed by atoms with Gasteiger partial charge >= 0.3 is 0 Å². The number of ether oxygens (including phenoxy) is 2. The summed E-state index contributed by atoms with van der Waals surface area (Å²) in [6, 6.07) is 3.41. The van der Waals surface area contributed by atoms with Crippen LogP contribution in [0.1, 0.15) is 36.0 Å². The molecule has 0 aromatic carbocycles. The normalized spacial score (nSPS) is 21.7. The minimum atomic E-state index is -0.0550. The molecule has 1 atom stereocenters. The average molecular weight is 276 g/mol. The van der Waals surface area contributed by atoms with Crippen molar-refractivity contribution in [2.75, 3.05) is 19.8 Å². The van der Waals surface area contributed by atoms with E-state index in [-0.39, 0.29) is 12.0 Å². The van der Waals surface area contributed by atoms with Crippen LogP contribution in [0.25, 0.3) is 0 Å². The molecule has 108 valence electrons. The summed E-state index contributed by atoms with van der Waals surface area (Å²) in [6.07, 6.45) is 6.25. The number of nitrogens with one attached hydrogen (secondary N) is 1. The molecule has 0 radical (unpaired) electrons. The Bertz CT molecular complexity index is 468. The van der Waals surface area contributed by atoms with Gasteiger partial charge in [-0.1, -0.05) is 12.8 Å². The molecule has 0 bridgehead atoms. The summed E-state index contributed by atoms with van der Waals surface area (Å²) in [5.74, 6) is 1.27. The molecule has 5 heteroatoms. The molecule has 0 unspecified atom stereocenters. The highest BCUT2D eigenvalue weighted by Crippen LogP contribution is 2.31. The molecule has 5 nitrogen and oxygen atoms in total. The van der Waals surface area contributed by atoms with Crippen molar-refractivity contribution in [3.63, 3.8) is 0 Å². The lowest BCUT2D eigenvalue weighted by Crippen LogP contribution is -2.25. The third kappa shape index (κ3) is 3.70. The Morgan fingerprint density at radius 1 is 1.45 bits per heavy atom. The van der Waals surface area contributed by atoms with Crippen molar-refractivity contribution in [1.82, 2.24) is 10.3 Å². The number of nitrogens with zero attached hydrogens (tertiary/aromatic N) is 1. The van der Waals surface area contributed by atoms with E-state index in [9.17, 15) is 4.79 Å². The molecule has 3 rings (SSSR count). The van der Waals surface area contributed by atoms with Gasteiger partial charge in [0.2, 0.25) is 5.88 Å². The van der Waals surface area contributed by atoms with Gasteiger partial charge in [-0.15, -0.1) is 0 Å². The van der Waals surface area contributed by atoms with Gasteiger partial charge < -0.3 is 14.8 Å². The first kappa shape index (κ1) is 13.4. The van der Waals surface area contributed by atoms with Gasteiger partial charge in [0.1, 0.15) is 6.10 Å². The summed E-state index contributed by atoms with van der Waals surface area (Å²) < 4.78 is 11.0. The molecular weight excluding hydrogens is 256 g/mol. The number of carbonyl (C=O) groups is 1. The predicted molar refractivity (Wildman–Crippen MR) is 73.8 cm³/mol. The minimum Gasteiger partial charge on any atom is -0.472 e. The van der Waals surface area contributed by atoms with E-state index in [2.05, 4.69) is 10.3 Å². The van der Waals surface area contributed by atoms with Crippen molar-refractivity contribution < 1.29 is 14.3 Å². The van der Waals surface area contributed by atoms with Crippen molar-refractivity contribution in [1.29, 1.82) is 0 Å². The number of hydrogen-bond acceptors (Lipinski definition) is 4. The van der Waals surface area contributed by atoms with Crippen LogP contribution < -0.4 is 10.1 Å². The minimum absolute atomic E-state index is 0.0516. The lowest BCUT2D eigenvalue weighted by molar-refractivity contribution is 0.0951. The zero-order valence-corrected chi connectivity index (χ0v) is 11.5. The summed E-state index contributed by atoms with van der Waals surface area (Å²) in [4.78, 5) is 16.2. The molecule has 1 aliphatic heterocycles. The van der Waals surface area contributed by atoms with Crippen LogP contribution in [0.15, 0.2) is 18.3 Å². The van der Waals surface area contributed by atoms with Crippen LogP contribution in [0.5, 0.6) is 5.88 Å². The Hall–Kier alpha value is -1.62. The van der Waals surface area contributed by atoms with Gasteiger partial charge in [0.15, 0.2) is 0 Å². The third-order valence-electron chi connectivity index (χ3n) is 3.71. The van der Waals surface area contributed by atoms with Gasteiger partial charge in [-0.3, -0.25) is 4.79 Å². The molecule has 1 saturated heterocycles. The molecule has 1 amide bonds. The van der Waals surface area contributed by atoms with Gasteiger partial charge in [0, 0.05) is 30.8 Å². The predicted octanol–water partition coefficient (Wildman–Crippen LogP) is 1.78. The van der Waals surface area contributed by atoms with Gasteiger partial charge in [-0.2, -0.15) is 0 Å². The van der Waals surface area contributed by atoms with Crippen LogP contribution in [0, 0.1) is 5.92 Å². The molecule has 1 N–H and O–H groups in total. The van der Waals surface area contributed by atoms with Crippen LogP contribution in [0.3, 0.4) is 0 Å². The van der Waals surface area contributed by atoms with Gasteiger partial charge in [0.05, 0.1) is 13.2 Å². The number of pyridine rings is 1. The zero-order valence-electron chi connectivity index (χ0n) is 11.5. The summed E-state index contributed by atoms with van der Waals surface area (Å²) in [7, 11) is 0. The first-order valence-corrected chi connectivity index (χ1v) is 7.30. The molecule has 1 saturated carbocycles. The lowest BCUT2D eigenvalue weighted by Gasteiger charge is -2.11. The average Bonchev–Trinajstić information content (AvgIpc) is 3.14. The van der Waals surface area contributed by atoms with Crippen LogP contribution >= 0.6 is 0 Å². The van der Waals surface area contributed by atoms with Crippen LogP contribution in [-0.2, 0) is 4.74 Å². The summed E-state index contributed by atoms with van der Waals surface area (Å²) in [5, 5.41) is 2.94. The van der Waals surface area contributed by atoms with Crippen molar-refractivity contribution in [3.05, 3.63) is 23.9 Å². The molecule has 1 aromatic rings. The summed E-state index contributed by atoms with van der Waals surface area (Å²) in [5.41, 5.74) is 0.602. The first-order chi connectivity index (χ1) is 9.81. The van der Waals surface area contributed by atoms with E-state index in [1.54, 1.807) is 18.3 Å². The fourth-order valence-corrected chi connectivity index (χ4v) is 2.29. The van der Waals surface area contributed by atoms with E-state index in [0.29, 0.717) is 18.1 Å². The van der Waals surface area contributed by atoms with Gasteiger partial charge in [0.25, 0.3) is 5.91 Å². The largest absolute Gasteiger partial charge is 0.472 e. The Labute approximate surface area is 118 Å². The molecule has 2 heterocycles. The monoisotopic (exact) mass is 276 g/mol. The van der Waals surface area contributed by atoms with E-state index in [1.165, 1.54) is 12.8 Å². The molecule has 20 heavy (non-hydrogen) atoms. The van der Waals surface area contributed by atoms with E-state index >= 15 is 0 Å². The van der Waals surface area contributed by atoms with Crippen molar-refractivity contribution in [2.45, 2.75) is 31.8 Å². The van der Waals surface area contributed by atoms with E-state index in [4.69, 9.17) is 9.47 Å². The highest BCUT2D eigenvalue weighted by atomic mass is 16.5. The Morgan fingerprint density at radius 3 is 3.10 bits per heavy atom. The smallest absolute Gasteiger partial charge is 0.251 e. The fraction of sp³-hybridized carbons (Fsp3) is 0.600. The first-order valence-electron chi connectivity index (χ1n) is 7.30. The number of aromatic nitrogens is 1. The van der Waals surface area contributed by atoms with Gasteiger partial charge in [-0.05, 0) is 18.4 Å². The van der Waals surface area contributed by atoms with Crippen LogP contribution in [0.2, 0.25) is 0 Å². The Balaban J connectivity index is 1.53. The summed E-state index contributed by atoms with van der Waals surface area (Å²) in [6.45, 7) is 2.07. The van der Waals surface area contributed by atoms with Crippen LogP contribution in [-0.4, -0.2) is 36.8 Å². The highest BCUT2D eigenvalue weighted by Gasteiger charge is 2.21. The van der Waals surface area contributed by atoms with Crippen LogP contribution in [0.4, 0.5) is 0 Å². The molecule has 1 aromatic heterocycles. The van der Waals surface area contributed by atoms with E-state index in [0.717, 1.165) is 31.9 Å². The second-order valence-electron chi connectivity index (χ2n) is 5.47. The SMILES string of the molecule is O=C(NCCC1CC1)c1ccnc(O[C@@H]2CCOC2)c1. The lowest BCUT2D eigenvalue weighted by atomic mass is 10.2. The zero-order chi connectivity index (χ0) is 13.8. The quantitative estimate of drug-likeness (QED) is 0.860. The maximum Gasteiger partial charge on any atom is 0.251 e. The Morgan fingerprint density at radius 2 is 2.35 bits per heavy atom.